The van der Waals surface area contributed by atoms with Crippen LogP contribution in [0.4, 0.5) is 0 Å². The molecular weight excluding hydrogens is 226 g/mol. The van der Waals surface area contributed by atoms with Gasteiger partial charge in [-0.05, 0) is 25.2 Å². The number of hydrogen-bond acceptors (Lipinski definition) is 2. The predicted molar refractivity (Wildman–Crippen MR) is 64.2 cm³/mol. The van der Waals surface area contributed by atoms with E-state index in [1.807, 2.05) is 19.2 Å². The summed E-state index contributed by atoms with van der Waals surface area (Å²) in [6, 6.07) is 8.71. The third kappa shape index (κ3) is 2.18. The maximum Gasteiger partial charge on any atom is 0.271 e. The van der Waals surface area contributed by atoms with Crippen molar-refractivity contribution >= 4 is 11.6 Å². The number of aromatic nitrogens is 2. The van der Waals surface area contributed by atoms with Crippen molar-refractivity contribution in [3.63, 3.8) is 0 Å². The first-order valence-electron chi connectivity index (χ1n) is 4.92. The largest absolute Gasteiger partial charge is 0.314 e. The van der Waals surface area contributed by atoms with E-state index in [2.05, 4.69) is 10.4 Å². The van der Waals surface area contributed by atoms with E-state index >= 15 is 0 Å². The van der Waals surface area contributed by atoms with Gasteiger partial charge in [0.25, 0.3) is 5.56 Å². The average Bonchev–Trinajstić information content (AvgIpc) is 2.60. The van der Waals surface area contributed by atoms with Crippen molar-refractivity contribution in [3.05, 3.63) is 51.4 Å². The van der Waals surface area contributed by atoms with Crippen LogP contribution in [0.5, 0.6) is 0 Å². The zero-order valence-corrected chi connectivity index (χ0v) is 9.58. The number of rotatable bonds is 3. The van der Waals surface area contributed by atoms with Gasteiger partial charge >= 0.3 is 0 Å². The minimum Gasteiger partial charge on any atom is -0.314 e. The maximum atomic E-state index is 11.7. The lowest BCUT2D eigenvalue weighted by atomic mass is 10.3. The minimum absolute atomic E-state index is 0.0903. The molecule has 0 radical (unpaired) electrons. The summed E-state index contributed by atoms with van der Waals surface area (Å²) in [5, 5.41) is 6.59. The molecule has 4 nitrogen and oxygen atoms in total. The highest BCUT2D eigenvalue weighted by Crippen LogP contribution is 2.12. The number of aromatic amines is 1. The fraction of sp³-hybridized carbons (Fsp3) is 0.182. The highest BCUT2D eigenvalue weighted by atomic mass is 35.5. The smallest absolute Gasteiger partial charge is 0.271 e. The van der Waals surface area contributed by atoms with Gasteiger partial charge in [-0.1, -0.05) is 17.7 Å². The quantitative estimate of drug-likeness (QED) is 0.851. The number of H-pyrrole nitrogens is 1. The van der Waals surface area contributed by atoms with Crippen LogP contribution < -0.4 is 10.9 Å². The molecule has 0 aliphatic heterocycles. The molecule has 0 aliphatic rings. The molecule has 2 rings (SSSR count). The fourth-order valence-electron chi connectivity index (χ4n) is 1.53. The van der Waals surface area contributed by atoms with Gasteiger partial charge in [0.05, 0.1) is 11.4 Å². The zero-order valence-electron chi connectivity index (χ0n) is 8.83. The summed E-state index contributed by atoms with van der Waals surface area (Å²) < 4.78 is 1.47. The van der Waals surface area contributed by atoms with Crippen molar-refractivity contribution in [3.8, 4) is 5.69 Å². The number of halogens is 1. The second kappa shape index (κ2) is 4.55. The third-order valence-electron chi connectivity index (χ3n) is 2.21. The Balaban J connectivity index is 2.44. The summed E-state index contributed by atoms with van der Waals surface area (Å²) in [6.07, 6.45) is 0. The molecule has 0 fully saturated rings. The molecule has 0 amide bonds. The second-order valence-corrected chi connectivity index (χ2v) is 3.90. The van der Waals surface area contributed by atoms with Crippen molar-refractivity contribution in [2.45, 2.75) is 6.54 Å². The minimum atomic E-state index is -0.0903. The van der Waals surface area contributed by atoms with E-state index in [0.717, 1.165) is 11.4 Å². The number of nitrogens with one attached hydrogen (secondary N) is 2. The number of nitrogens with zero attached hydrogens (tertiary/aromatic N) is 1. The lowest BCUT2D eigenvalue weighted by Crippen LogP contribution is -2.13. The Morgan fingerprint density at radius 2 is 2.25 bits per heavy atom. The first-order valence-corrected chi connectivity index (χ1v) is 5.30. The molecule has 16 heavy (non-hydrogen) atoms. The van der Waals surface area contributed by atoms with Gasteiger partial charge in [0, 0.05) is 17.6 Å². The van der Waals surface area contributed by atoms with Gasteiger partial charge in [-0.3, -0.25) is 9.89 Å². The van der Waals surface area contributed by atoms with E-state index in [1.54, 1.807) is 18.2 Å². The number of benzene rings is 1. The summed E-state index contributed by atoms with van der Waals surface area (Å²) in [7, 11) is 1.83. The van der Waals surface area contributed by atoms with Crippen LogP contribution in [0, 0.1) is 0 Å². The molecule has 0 saturated carbocycles. The summed E-state index contributed by atoms with van der Waals surface area (Å²) in [5.74, 6) is 0. The van der Waals surface area contributed by atoms with E-state index in [9.17, 15) is 4.79 Å². The Hall–Kier alpha value is -1.52. The van der Waals surface area contributed by atoms with Gasteiger partial charge in [0.15, 0.2) is 0 Å². The molecule has 84 valence electrons. The van der Waals surface area contributed by atoms with Gasteiger partial charge in [-0.25, -0.2) is 4.68 Å². The molecule has 0 saturated heterocycles. The van der Waals surface area contributed by atoms with Crippen molar-refractivity contribution in [1.29, 1.82) is 0 Å². The van der Waals surface area contributed by atoms with E-state index in [-0.39, 0.29) is 5.56 Å². The molecule has 0 spiro atoms. The molecule has 0 bridgehead atoms. The fourth-order valence-corrected chi connectivity index (χ4v) is 1.72. The first-order chi connectivity index (χ1) is 7.70. The van der Waals surface area contributed by atoms with E-state index in [0.29, 0.717) is 11.6 Å². The summed E-state index contributed by atoms with van der Waals surface area (Å²) in [6.45, 7) is 0.628. The van der Waals surface area contributed by atoms with Crippen LogP contribution in [0.15, 0.2) is 35.1 Å². The topological polar surface area (TPSA) is 49.8 Å². The molecule has 1 aromatic heterocycles. The summed E-state index contributed by atoms with van der Waals surface area (Å²) >= 11 is 5.87. The van der Waals surface area contributed by atoms with Crippen LogP contribution in [0.25, 0.3) is 5.69 Å². The van der Waals surface area contributed by atoms with Crippen molar-refractivity contribution in [1.82, 2.24) is 15.1 Å². The van der Waals surface area contributed by atoms with Crippen LogP contribution in [-0.2, 0) is 6.54 Å². The number of hydrogen-bond donors (Lipinski definition) is 2. The van der Waals surface area contributed by atoms with Crippen LogP contribution in [0.1, 0.15) is 5.69 Å². The highest BCUT2D eigenvalue weighted by Gasteiger charge is 2.04. The Bertz CT molecular complexity index is 544. The molecular formula is C11H12ClN3O. The Kier molecular flexibility index (Phi) is 3.12. The normalized spacial score (nSPS) is 10.6. The standard InChI is InChI=1S/C11H12ClN3O/c1-13-7-9-6-11(16)15(14-9)10-4-2-3-8(12)5-10/h2-6,13-14H,7H2,1H3. The Labute approximate surface area is 97.8 Å². The highest BCUT2D eigenvalue weighted by molar-refractivity contribution is 6.30. The Morgan fingerprint density at radius 1 is 1.44 bits per heavy atom. The van der Waals surface area contributed by atoms with E-state index in [1.165, 1.54) is 4.68 Å². The molecule has 0 aliphatic carbocycles. The zero-order chi connectivity index (χ0) is 11.5. The van der Waals surface area contributed by atoms with Crippen LogP contribution in [-0.4, -0.2) is 16.8 Å². The maximum absolute atomic E-state index is 11.7. The summed E-state index contributed by atoms with van der Waals surface area (Å²) in [5.41, 5.74) is 1.49. The van der Waals surface area contributed by atoms with Crippen LogP contribution in [0.2, 0.25) is 5.02 Å². The molecule has 0 unspecified atom stereocenters. The van der Waals surface area contributed by atoms with Gasteiger partial charge in [-0.15, -0.1) is 0 Å². The van der Waals surface area contributed by atoms with Crippen LogP contribution in [0.3, 0.4) is 0 Å². The van der Waals surface area contributed by atoms with Crippen molar-refractivity contribution in [2.24, 2.45) is 0 Å². The molecule has 2 aromatic rings. The molecule has 2 N–H and O–H groups in total. The van der Waals surface area contributed by atoms with Gasteiger partial charge in [-0.2, -0.15) is 0 Å². The molecule has 0 atom stereocenters. The van der Waals surface area contributed by atoms with E-state index in [4.69, 9.17) is 11.6 Å². The lowest BCUT2D eigenvalue weighted by Gasteiger charge is -2.02. The SMILES string of the molecule is CNCc1cc(=O)n(-c2cccc(Cl)c2)[nH]1. The van der Waals surface area contributed by atoms with Crippen molar-refractivity contribution in [2.75, 3.05) is 7.05 Å². The first kappa shape index (κ1) is 11.0. The van der Waals surface area contributed by atoms with E-state index < -0.39 is 0 Å². The van der Waals surface area contributed by atoms with Crippen molar-refractivity contribution < 1.29 is 0 Å². The van der Waals surface area contributed by atoms with Gasteiger partial charge in [0.1, 0.15) is 0 Å². The molecule has 5 heteroatoms. The summed E-state index contributed by atoms with van der Waals surface area (Å²) in [4.78, 5) is 11.7. The van der Waals surface area contributed by atoms with Gasteiger partial charge in [0.2, 0.25) is 0 Å². The monoisotopic (exact) mass is 237 g/mol. The molecule has 1 heterocycles. The second-order valence-electron chi connectivity index (χ2n) is 3.47. The lowest BCUT2D eigenvalue weighted by molar-refractivity contribution is 0.751. The Morgan fingerprint density at radius 3 is 2.94 bits per heavy atom. The predicted octanol–water partition coefficient (Wildman–Crippen LogP) is 1.54. The average molecular weight is 238 g/mol. The molecule has 1 aromatic carbocycles. The third-order valence-corrected chi connectivity index (χ3v) is 2.44. The van der Waals surface area contributed by atoms with Gasteiger partial charge < -0.3 is 5.32 Å². The van der Waals surface area contributed by atoms with Crippen LogP contribution >= 0.6 is 11.6 Å².